The van der Waals surface area contributed by atoms with Crippen molar-refractivity contribution in [2.75, 3.05) is 21.3 Å². The van der Waals surface area contributed by atoms with Crippen LogP contribution in [0.4, 0.5) is 0 Å². The van der Waals surface area contributed by atoms with E-state index in [2.05, 4.69) is 13.2 Å². The van der Waals surface area contributed by atoms with Gasteiger partial charge >= 0.3 is 14.8 Å². The lowest BCUT2D eigenvalue weighted by Crippen LogP contribution is -2.55. The van der Waals surface area contributed by atoms with E-state index in [1.807, 2.05) is 0 Å². The average molecular weight is 246 g/mol. The topological polar surface area (TPSA) is 54.0 Å². The molecule has 0 aliphatic rings. The summed E-state index contributed by atoms with van der Waals surface area (Å²) in [6.07, 6.45) is 1.42. The minimum absolute atomic E-state index is 0.290. The molecule has 16 heavy (non-hydrogen) atoms. The zero-order chi connectivity index (χ0) is 12.8. The largest absolute Gasteiger partial charge is 0.547 e. The minimum atomic E-state index is -3.06. The van der Waals surface area contributed by atoms with Crippen molar-refractivity contribution < 1.29 is 22.8 Å². The summed E-state index contributed by atoms with van der Waals surface area (Å²) < 4.78 is 20.7. The van der Waals surface area contributed by atoms with E-state index in [4.69, 9.17) is 18.0 Å². The number of carbonyl (C=O) groups is 1. The van der Waals surface area contributed by atoms with Crippen molar-refractivity contribution in [2.24, 2.45) is 0 Å². The van der Waals surface area contributed by atoms with E-state index >= 15 is 0 Å². The van der Waals surface area contributed by atoms with E-state index in [-0.39, 0.29) is 5.57 Å². The Bertz CT molecular complexity index is 264. The zero-order valence-electron chi connectivity index (χ0n) is 10.1. The van der Waals surface area contributed by atoms with Crippen LogP contribution < -0.4 is 0 Å². The van der Waals surface area contributed by atoms with Crippen molar-refractivity contribution >= 4 is 14.8 Å². The molecule has 0 radical (unpaired) electrons. The van der Waals surface area contributed by atoms with Crippen LogP contribution in [-0.4, -0.2) is 41.8 Å². The standard InChI is InChI=1S/C10H18O5Si/c1-7-9(15-10(11)8(2)3)16(12-4,13-5)14-6/h7,9H,1-2H2,3-6H3. The summed E-state index contributed by atoms with van der Waals surface area (Å²) in [5.41, 5.74) is -0.463. The van der Waals surface area contributed by atoms with Crippen LogP contribution in [0.2, 0.25) is 0 Å². The average Bonchev–Trinajstić information content (AvgIpc) is 2.29. The smallest absolute Gasteiger partial charge is 0.450 e. The van der Waals surface area contributed by atoms with E-state index in [0.717, 1.165) is 0 Å². The summed E-state index contributed by atoms with van der Waals surface area (Å²) in [4.78, 5) is 11.4. The van der Waals surface area contributed by atoms with Gasteiger partial charge in [-0.2, -0.15) is 0 Å². The predicted molar refractivity (Wildman–Crippen MR) is 61.7 cm³/mol. The molecule has 0 aromatic rings. The maximum absolute atomic E-state index is 11.4. The lowest BCUT2D eigenvalue weighted by molar-refractivity contribution is -0.141. The summed E-state index contributed by atoms with van der Waals surface area (Å²) in [5.74, 6) is -0.534. The van der Waals surface area contributed by atoms with Crippen molar-refractivity contribution in [2.45, 2.75) is 12.7 Å². The highest BCUT2D eigenvalue weighted by Gasteiger charge is 2.49. The molecule has 5 nitrogen and oxygen atoms in total. The van der Waals surface area contributed by atoms with Crippen molar-refractivity contribution in [3.8, 4) is 0 Å². The van der Waals surface area contributed by atoms with Crippen LogP contribution in [0.3, 0.4) is 0 Å². The van der Waals surface area contributed by atoms with Gasteiger partial charge in [0, 0.05) is 26.9 Å². The van der Waals surface area contributed by atoms with Crippen LogP contribution in [0.25, 0.3) is 0 Å². The summed E-state index contributed by atoms with van der Waals surface area (Å²) in [5, 5.41) is 0. The van der Waals surface area contributed by atoms with Gasteiger partial charge in [-0.25, -0.2) is 4.79 Å². The Kier molecular flexibility index (Phi) is 6.20. The molecule has 0 aromatic carbocycles. The summed E-state index contributed by atoms with van der Waals surface area (Å²) in [6.45, 7) is 8.61. The zero-order valence-corrected chi connectivity index (χ0v) is 11.1. The monoisotopic (exact) mass is 246 g/mol. The predicted octanol–water partition coefficient (Wildman–Crippen LogP) is 1.08. The first-order valence-electron chi connectivity index (χ1n) is 4.61. The van der Waals surface area contributed by atoms with Gasteiger partial charge in [0.25, 0.3) is 0 Å². The number of hydrogen-bond donors (Lipinski definition) is 0. The number of carbonyl (C=O) groups excluding carboxylic acids is 1. The fourth-order valence-electron chi connectivity index (χ4n) is 1.08. The Morgan fingerprint density at radius 2 is 1.69 bits per heavy atom. The Morgan fingerprint density at radius 1 is 1.25 bits per heavy atom. The molecule has 0 aliphatic carbocycles. The third-order valence-corrected chi connectivity index (χ3v) is 4.76. The van der Waals surface area contributed by atoms with E-state index in [1.54, 1.807) is 6.92 Å². The van der Waals surface area contributed by atoms with Crippen LogP contribution in [-0.2, 0) is 22.8 Å². The van der Waals surface area contributed by atoms with E-state index in [9.17, 15) is 4.79 Å². The molecule has 1 atom stereocenters. The molecule has 0 bridgehead atoms. The van der Waals surface area contributed by atoms with Gasteiger partial charge in [0.05, 0.1) is 0 Å². The molecule has 92 valence electrons. The Morgan fingerprint density at radius 3 is 1.94 bits per heavy atom. The van der Waals surface area contributed by atoms with Gasteiger partial charge in [0.1, 0.15) is 0 Å². The second-order valence-electron chi connectivity index (χ2n) is 3.06. The first-order chi connectivity index (χ1) is 7.47. The molecule has 6 heteroatoms. The molecule has 0 aromatic heterocycles. The third-order valence-electron chi connectivity index (χ3n) is 2.00. The third kappa shape index (κ3) is 3.27. The molecule has 0 fully saturated rings. The Hall–Kier alpha value is -0.953. The second-order valence-corrected chi connectivity index (χ2v) is 6.06. The fraction of sp³-hybridized carbons (Fsp3) is 0.500. The van der Waals surface area contributed by atoms with Crippen molar-refractivity contribution in [1.82, 2.24) is 0 Å². The van der Waals surface area contributed by atoms with Gasteiger partial charge in [-0.05, 0) is 13.0 Å². The Labute approximate surface area is 97.0 Å². The van der Waals surface area contributed by atoms with Gasteiger partial charge in [-0.1, -0.05) is 13.2 Å². The molecule has 0 saturated heterocycles. The lowest BCUT2D eigenvalue weighted by atomic mass is 10.4. The number of hydrogen-bond acceptors (Lipinski definition) is 5. The normalized spacial score (nSPS) is 13.0. The van der Waals surface area contributed by atoms with Crippen LogP contribution in [0.5, 0.6) is 0 Å². The maximum atomic E-state index is 11.4. The van der Waals surface area contributed by atoms with Crippen molar-refractivity contribution in [3.05, 3.63) is 24.8 Å². The van der Waals surface area contributed by atoms with E-state index in [1.165, 1.54) is 27.4 Å². The van der Waals surface area contributed by atoms with Gasteiger partial charge in [0.2, 0.25) is 0 Å². The molecular weight excluding hydrogens is 228 g/mol. The van der Waals surface area contributed by atoms with Crippen LogP contribution in [0.1, 0.15) is 6.92 Å². The first-order valence-corrected chi connectivity index (χ1v) is 6.42. The molecular formula is C10H18O5Si. The molecule has 0 rings (SSSR count). The summed E-state index contributed by atoms with van der Waals surface area (Å²) in [7, 11) is 1.25. The van der Waals surface area contributed by atoms with E-state index < -0.39 is 20.5 Å². The van der Waals surface area contributed by atoms with Crippen LogP contribution in [0.15, 0.2) is 24.8 Å². The Balaban J connectivity index is 4.88. The highest BCUT2D eigenvalue weighted by molar-refractivity contribution is 6.62. The highest BCUT2D eigenvalue weighted by Crippen LogP contribution is 2.17. The quantitative estimate of drug-likeness (QED) is 0.291. The molecule has 1 unspecified atom stereocenters. The molecule has 0 aliphatic heterocycles. The molecule has 0 heterocycles. The molecule has 0 N–H and O–H groups in total. The number of rotatable bonds is 7. The number of esters is 1. The lowest BCUT2D eigenvalue weighted by Gasteiger charge is -2.29. The van der Waals surface area contributed by atoms with Gasteiger partial charge in [-0.3, -0.25) is 0 Å². The van der Waals surface area contributed by atoms with Crippen molar-refractivity contribution in [1.29, 1.82) is 0 Å². The van der Waals surface area contributed by atoms with Gasteiger partial charge in [0.15, 0.2) is 5.73 Å². The van der Waals surface area contributed by atoms with E-state index in [0.29, 0.717) is 0 Å². The summed E-state index contributed by atoms with van der Waals surface area (Å²) >= 11 is 0. The van der Waals surface area contributed by atoms with Gasteiger partial charge in [-0.15, -0.1) is 0 Å². The van der Waals surface area contributed by atoms with Crippen LogP contribution in [0, 0.1) is 0 Å². The molecule has 0 saturated carbocycles. The first kappa shape index (κ1) is 15.0. The second kappa shape index (κ2) is 6.59. The fourth-order valence-corrected chi connectivity index (χ4v) is 2.82. The minimum Gasteiger partial charge on any atom is -0.450 e. The van der Waals surface area contributed by atoms with Crippen LogP contribution >= 0.6 is 0 Å². The molecule has 0 spiro atoms. The number of ether oxygens (including phenoxy) is 1. The van der Waals surface area contributed by atoms with Crippen molar-refractivity contribution in [3.63, 3.8) is 0 Å². The van der Waals surface area contributed by atoms with Gasteiger partial charge < -0.3 is 18.0 Å². The molecule has 0 amide bonds. The maximum Gasteiger partial charge on any atom is 0.547 e. The SMILES string of the molecule is C=CC(OC(=O)C(=C)C)[Si](OC)(OC)OC. The summed E-state index contributed by atoms with van der Waals surface area (Å²) in [6, 6.07) is 0. The highest BCUT2D eigenvalue weighted by atomic mass is 28.4.